The highest BCUT2D eigenvalue weighted by Crippen LogP contribution is 2.13. The largest absolute Gasteiger partial charge is 0.465 e. The summed E-state index contributed by atoms with van der Waals surface area (Å²) in [5.41, 5.74) is 0.369. The van der Waals surface area contributed by atoms with Crippen LogP contribution in [0.3, 0.4) is 0 Å². The van der Waals surface area contributed by atoms with Crippen LogP contribution in [-0.4, -0.2) is 15.9 Å². The predicted molar refractivity (Wildman–Crippen MR) is 77.8 cm³/mol. The number of carbonyl (C=O) groups excluding carboxylic acids is 1. The summed E-state index contributed by atoms with van der Waals surface area (Å²) < 4.78 is 10.6. The third-order valence-electron chi connectivity index (χ3n) is 2.64. The second-order valence-corrected chi connectivity index (χ2v) is 5.02. The number of nitrogens with one attached hydrogen (secondary N) is 1. The van der Waals surface area contributed by atoms with E-state index in [0.717, 1.165) is 0 Å². The molecule has 106 valence electrons. The lowest BCUT2D eigenvalue weighted by molar-refractivity contribution is -0.139. The molecular weight excluding hydrogens is 292 g/mol. The Morgan fingerprint density at radius 3 is 3.19 bits per heavy atom. The first-order valence-electron chi connectivity index (χ1n) is 6.07. The maximum absolute atomic E-state index is 11.7. The second-order valence-electron chi connectivity index (χ2n) is 4.10. The van der Waals surface area contributed by atoms with Gasteiger partial charge in [-0.05, 0) is 29.7 Å². The van der Waals surface area contributed by atoms with E-state index < -0.39 is 5.97 Å². The maximum Gasteiger partial charge on any atom is 0.331 e. The van der Waals surface area contributed by atoms with Crippen molar-refractivity contribution in [1.82, 2.24) is 9.97 Å². The van der Waals surface area contributed by atoms with Crippen LogP contribution in [0, 0.1) is 0 Å². The first-order chi connectivity index (χ1) is 10.2. The lowest BCUT2D eigenvalue weighted by Crippen LogP contribution is -2.12. The molecule has 0 aliphatic rings. The van der Waals surface area contributed by atoms with Crippen molar-refractivity contribution >= 4 is 33.6 Å². The number of furan rings is 1. The van der Waals surface area contributed by atoms with Gasteiger partial charge in [-0.2, -0.15) is 0 Å². The highest BCUT2D eigenvalue weighted by Gasteiger charge is 2.06. The zero-order valence-electron chi connectivity index (χ0n) is 10.7. The monoisotopic (exact) mass is 302 g/mol. The molecule has 3 aromatic rings. The van der Waals surface area contributed by atoms with Crippen LogP contribution in [-0.2, 0) is 16.1 Å². The normalized spacial score (nSPS) is 11.2. The van der Waals surface area contributed by atoms with Crippen molar-refractivity contribution in [3.63, 3.8) is 0 Å². The Kier molecular flexibility index (Phi) is 3.65. The molecular formula is C14H10N2O4S. The Morgan fingerprint density at radius 1 is 1.48 bits per heavy atom. The van der Waals surface area contributed by atoms with Gasteiger partial charge in [-0.15, -0.1) is 11.3 Å². The van der Waals surface area contributed by atoms with Crippen molar-refractivity contribution in [1.29, 1.82) is 0 Å². The molecule has 0 aliphatic heterocycles. The Balaban J connectivity index is 1.66. The van der Waals surface area contributed by atoms with Gasteiger partial charge < -0.3 is 14.1 Å². The molecule has 0 unspecified atom stereocenters. The van der Waals surface area contributed by atoms with E-state index in [1.54, 1.807) is 23.6 Å². The molecule has 0 aromatic carbocycles. The van der Waals surface area contributed by atoms with Crippen molar-refractivity contribution in [2.24, 2.45) is 0 Å². The lowest BCUT2D eigenvalue weighted by Gasteiger charge is -2.01. The molecule has 6 nitrogen and oxygen atoms in total. The molecule has 3 aromatic heterocycles. The summed E-state index contributed by atoms with van der Waals surface area (Å²) >= 11 is 1.32. The number of H-pyrrole nitrogens is 1. The number of aromatic amines is 1. The van der Waals surface area contributed by atoms with E-state index in [4.69, 9.17) is 9.15 Å². The van der Waals surface area contributed by atoms with Crippen LogP contribution in [0.4, 0.5) is 0 Å². The number of carbonyl (C=O) groups is 1. The van der Waals surface area contributed by atoms with Crippen molar-refractivity contribution in [2.45, 2.75) is 6.61 Å². The fraction of sp³-hybridized carbons (Fsp3) is 0.0714. The van der Waals surface area contributed by atoms with E-state index in [1.807, 2.05) is 0 Å². The molecule has 0 atom stereocenters. The maximum atomic E-state index is 11.7. The summed E-state index contributed by atoms with van der Waals surface area (Å²) in [6, 6.07) is 5.18. The van der Waals surface area contributed by atoms with Crippen LogP contribution in [0.2, 0.25) is 0 Å². The number of ether oxygens (including phenoxy) is 1. The van der Waals surface area contributed by atoms with Gasteiger partial charge in [-0.25, -0.2) is 9.78 Å². The van der Waals surface area contributed by atoms with Gasteiger partial charge in [0.15, 0.2) is 0 Å². The molecule has 21 heavy (non-hydrogen) atoms. The van der Waals surface area contributed by atoms with E-state index in [-0.39, 0.29) is 12.2 Å². The average molecular weight is 302 g/mol. The summed E-state index contributed by atoms with van der Waals surface area (Å²) in [4.78, 5) is 30.1. The molecule has 0 spiro atoms. The third kappa shape index (κ3) is 3.09. The Bertz CT molecular complexity index is 845. The lowest BCUT2D eigenvalue weighted by atomic mass is 10.4. The summed E-state index contributed by atoms with van der Waals surface area (Å²) in [6.45, 7) is -0.0949. The van der Waals surface area contributed by atoms with Gasteiger partial charge in [0.2, 0.25) is 0 Å². The Hall–Kier alpha value is -2.67. The van der Waals surface area contributed by atoms with E-state index in [9.17, 15) is 9.59 Å². The Labute approximate surface area is 122 Å². The molecule has 3 rings (SSSR count). The van der Waals surface area contributed by atoms with Crippen molar-refractivity contribution in [2.75, 3.05) is 0 Å². The topological polar surface area (TPSA) is 85.2 Å². The van der Waals surface area contributed by atoms with Crippen LogP contribution in [0.15, 0.2) is 45.1 Å². The van der Waals surface area contributed by atoms with E-state index in [0.29, 0.717) is 21.8 Å². The number of nitrogens with zero attached hydrogens (tertiary/aromatic N) is 1. The molecule has 0 aliphatic carbocycles. The third-order valence-corrected chi connectivity index (χ3v) is 3.54. The van der Waals surface area contributed by atoms with E-state index >= 15 is 0 Å². The van der Waals surface area contributed by atoms with Gasteiger partial charge in [0.1, 0.15) is 22.9 Å². The summed E-state index contributed by atoms with van der Waals surface area (Å²) in [6.07, 6.45) is 4.26. The van der Waals surface area contributed by atoms with Gasteiger partial charge in [0, 0.05) is 6.08 Å². The fourth-order valence-corrected chi connectivity index (χ4v) is 2.44. The molecule has 0 saturated carbocycles. The number of esters is 1. The number of thiophene rings is 1. The predicted octanol–water partition coefficient (Wildman–Crippen LogP) is 2.33. The van der Waals surface area contributed by atoms with Crippen molar-refractivity contribution in [3.05, 3.63) is 57.9 Å². The highest BCUT2D eigenvalue weighted by molar-refractivity contribution is 7.17. The summed E-state index contributed by atoms with van der Waals surface area (Å²) in [5.74, 6) is 0.322. The molecule has 0 saturated heterocycles. The standard InChI is InChI=1S/C14H10N2O4S/c17-12(4-3-9-2-1-6-19-9)20-8-11-15-10-5-7-21-13(10)14(18)16-11/h1-7H,8H2,(H,15,16,18)/b4-3+. The van der Waals surface area contributed by atoms with Gasteiger partial charge in [0.25, 0.3) is 5.56 Å². The quantitative estimate of drug-likeness (QED) is 0.590. The van der Waals surface area contributed by atoms with Crippen LogP contribution in [0.1, 0.15) is 11.6 Å². The molecule has 0 fully saturated rings. The summed E-state index contributed by atoms with van der Waals surface area (Å²) in [7, 11) is 0. The van der Waals surface area contributed by atoms with E-state index in [1.165, 1.54) is 29.8 Å². The van der Waals surface area contributed by atoms with E-state index in [2.05, 4.69) is 9.97 Å². The van der Waals surface area contributed by atoms with Gasteiger partial charge in [0.05, 0.1) is 11.8 Å². The highest BCUT2D eigenvalue weighted by atomic mass is 32.1. The molecule has 1 N–H and O–H groups in total. The molecule has 0 radical (unpaired) electrons. The number of fused-ring (bicyclic) bond motifs is 1. The SMILES string of the molecule is O=C(/C=C/c1ccco1)OCc1nc2ccsc2c(=O)[nH]1. The summed E-state index contributed by atoms with van der Waals surface area (Å²) in [5, 5.41) is 1.79. The Morgan fingerprint density at radius 2 is 2.38 bits per heavy atom. The first kappa shape index (κ1) is 13.3. The number of aromatic nitrogens is 2. The van der Waals surface area contributed by atoms with Gasteiger partial charge >= 0.3 is 5.97 Å². The molecule has 3 heterocycles. The zero-order valence-corrected chi connectivity index (χ0v) is 11.6. The number of hydrogen-bond acceptors (Lipinski definition) is 6. The zero-order chi connectivity index (χ0) is 14.7. The first-order valence-corrected chi connectivity index (χ1v) is 6.95. The van der Waals surface area contributed by atoms with Crippen LogP contribution in [0.25, 0.3) is 16.3 Å². The van der Waals surface area contributed by atoms with Crippen molar-refractivity contribution < 1.29 is 13.9 Å². The minimum absolute atomic E-state index is 0.0949. The van der Waals surface area contributed by atoms with Crippen LogP contribution >= 0.6 is 11.3 Å². The average Bonchev–Trinajstić information content (AvgIpc) is 3.14. The second kappa shape index (κ2) is 5.76. The smallest absolute Gasteiger partial charge is 0.331 e. The molecule has 7 heteroatoms. The molecule has 0 amide bonds. The minimum Gasteiger partial charge on any atom is -0.465 e. The minimum atomic E-state index is -0.542. The fourth-order valence-electron chi connectivity index (χ4n) is 1.71. The van der Waals surface area contributed by atoms with Gasteiger partial charge in [-0.3, -0.25) is 4.79 Å². The van der Waals surface area contributed by atoms with Gasteiger partial charge in [-0.1, -0.05) is 0 Å². The molecule has 0 bridgehead atoms. The number of hydrogen-bond donors (Lipinski definition) is 1. The number of rotatable bonds is 4. The van der Waals surface area contributed by atoms with Crippen LogP contribution in [0.5, 0.6) is 0 Å². The van der Waals surface area contributed by atoms with Crippen molar-refractivity contribution in [3.8, 4) is 0 Å². The van der Waals surface area contributed by atoms with Crippen LogP contribution < -0.4 is 5.56 Å².